The molecule has 0 amide bonds. The molecule has 0 radical (unpaired) electrons. The molecule has 90 valence electrons. The maximum absolute atomic E-state index is 3.66. The summed E-state index contributed by atoms with van der Waals surface area (Å²) in [6.45, 7) is 8.04. The highest BCUT2D eigenvalue weighted by atomic mass is 14.9. The smallest absolute Gasteiger partial charge is 0.00720 e. The zero-order chi connectivity index (χ0) is 11.1. The monoisotopic (exact) mass is 211 g/mol. The van der Waals surface area contributed by atoms with Gasteiger partial charge in [0, 0.05) is 6.04 Å². The second-order valence-corrected chi connectivity index (χ2v) is 5.62. The van der Waals surface area contributed by atoms with Gasteiger partial charge in [0.1, 0.15) is 0 Å². The Bertz CT molecular complexity index is 147. The van der Waals surface area contributed by atoms with Crippen LogP contribution in [0.4, 0.5) is 0 Å². The third-order valence-corrected chi connectivity index (χ3v) is 3.59. The van der Waals surface area contributed by atoms with Gasteiger partial charge in [-0.25, -0.2) is 0 Å². The van der Waals surface area contributed by atoms with Crippen molar-refractivity contribution in [1.29, 1.82) is 0 Å². The van der Waals surface area contributed by atoms with Gasteiger partial charge in [0.25, 0.3) is 0 Å². The average Bonchev–Trinajstić information content (AvgIpc) is 2.18. The van der Waals surface area contributed by atoms with Crippen LogP contribution in [0, 0.1) is 11.8 Å². The van der Waals surface area contributed by atoms with Crippen LogP contribution < -0.4 is 5.32 Å². The van der Waals surface area contributed by atoms with Crippen molar-refractivity contribution in [2.75, 3.05) is 6.54 Å². The average molecular weight is 211 g/mol. The van der Waals surface area contributed by atoms with E-state index in [2.05, 4.69) is 26.1 Å². The summed E-state index contributed by atoms with van der Waals surface area (Å²) >= 11 is 0. The Morgan fingerprint density at radius 1 is 1.13 bits per heavy atom. The molecule has 1 aliphatic rings. The fourth-order valence-electron chi connectivity index (χ4n) is 2.95. The van der Waals surface area contributed by atoms with Crippen LogP contribution in [0.15, 0.2) is 0 Å². The molecule has 0 aromatic carbocycles. The number of hydrogen-bond acceptors (Lipinski definition) is 1. The van der Waals surface area contributed by atoms with Crippen LogP contribution in [0.1, 0.15) is 65.7 Å². The van der Waals surface area contributed by atoms with Gasteiger partial charge in [-0.05, 0) is 31.2 Å². The molecule has 0 spiro atoms. The van der Waals surface area contributed by atoms with Crippen LogP contribution in [0.2, 0.25) is 0 Å². The van der Waals surface area contributed by atoms with Gasteiger partial charge in [-0.2, -0.15) is 0 Å². The molecule has 0 heterocycles. The first-order valence-corrected chi connectivity index (χ1v) is 6.95. The molecule has 1 saturated carbocycles. The molecule has 15 heavy (non-hydrogen) atoms. The van der Waals surface area contributed by atoms with E-state index in [1.165, 1.54) is 44.9 Å². The van der Waals surface area contributed by atoms with Crippen LogP contribution in [-0.2, 0) is 0 Å². The van der Waals surface area contributed by atoms with Gasteiger partial charge < -0.3 is 5.32 Å². The molecule has 1 N–H and O–H groups in total. The summed E-state index contributed by atoms with van der Waals surface area (Å²) in [7, 11) is 0. The molecule has 1 fully saturated rings. The van der Waals surface area contributed by atoms with E-state index in [1.807, 2.05) is 0 Å². The Kier molecular flexibility index (Phi) is 6.31. The summed E-state index contributed by atoms with van der Waals surface area (Å²) in [6.07, 6.45) is 10.2. The molecule has 1 atom stereocenters. The lowest BCUT2D eigenvalue weighted by molar-refractivity contribution is 0.280. The molecular formula is C14H29N. The summed E-state index contributed by atoms with van der Waals surface area (Å²) in [5.74, 6) is 1.85. The Morgan fingerprint density at radius 2 is 1.80 bits per heavy atom. The summed E-state index contributed by atoms with van der Waals surface area (Å²) in [5, 5.41) is 3.66. The van der Waals surface area contributed by atoms with Crippen LogP contribution in [0.25, 0.3) is 0 Å². The fourth-order valence-corrected chi connectivity index (χ4v) is 2.95. The third-order valence-electron chi connectivity index (χ3n) is 3.59. The highest BCUT2D eigenvalue weighted by Gasteiger charge is 2.18. The normalized spacial score (nSPS) is 20.8. The van der Waals surface area contributed by atoms with E-state index in [1.54, 1.807) is 0 Å². The number of hydrogen-bond donors (Lipinski definition) is 1. The van der Waals surface area contributed by atoms with E-state index in [-0.39, 0.29) is 0 Å². The molecule has 0 bridgehead atoms. The van der Waals surface area contributed by atoms with Gasteiger partial charge in [-0.15, -0.1) is 0 Å². The van der Waals surface area contributed by atoms with Crippen LogP contribution in [0.5, 0.6) is 0 Å². The van der Waals surface area contributed by atoms with Crippen LogP contribution >= 0.6 is 0 Å². The van der Waals surface area contributed by atoms with Crippen molar-refractivity contribution in [1.82, 2.24) is 5.32 Å². The Balaban J connectivity index is 2.28. The lowest BCUT2D eigenvalue weighted by Crippen LogP contribution is -2.32. The Hall–Kier alpha value is -0.0400. The number of rotatable bonds is 6. The van der Waals surface area contributed by atoms with Crippen molar-refractivity contribution in [3.05, 3.63) is 0 Å². The second-order valence-electron chi connectivity index (χ2n) is 5.62. The molecule has 0 aliphatic heterocycles. The molecule has 1 unspecified atom stereocenters. The summed E-state index contributed by atoms with van der Waals surface area (Å²) < 4.78 is 0. The summed E-state index contributed by atoms with van der Waals surface area (Å²) in [6, 6.07) is 0.776. The highest BCUT2D eigenvalue weighted by Crippen LogP contribution is 2.28. The third kappa shape index (κ3) is 5.55. The van der Waals surface area contributed by atoms with E-state index >= 15 is 0 Å². The minimum atomic E-state index is 0.776. The first kappa shape index (κ1) is 13.0. The molecule has 0 aromatic heterocycles. The van der Waals surface area contributed by atoms with E-state index in [4.69, 9.17) is 0 Å². The zero-order valence-electron chi connectivity index (χ0n) is 10.9. The fraction of sp³-hybridized carbons (Fsp3) is 1.00. The Labute approximate surface area is 96.0 Å². The van der Waals surface area contributed by atoms with E-state index < -0.39 is 0 Å². The standard InChI is InChI=1S/C14H29N/c1-4-15-14(10-12(2)3)11-13-8-6-5-7-9-13/h12-15H,4-11H2,1-3H3. The SMILES string of the molecule is CCNC(CC(C)C)CC1CCCCC1. The molecule has 1 aliphatic carbocycles. The van der Waals surface area contributed by atoms with Crippen molar-refractivity contribution < 1.29 is 0 Å². The van der Waals surface area contributed by atoms with Crippen molar-refractivity contribution in [2.45, 2.75) is 71.8 Å². The van der Waals surface area contributed by atoms with Crippen LogP contribution in [-0.4, -0.2) is 12.6 Å². The minimum absolute atomic E-state index is 0.776. The van der Waals surface area contributed by atoms with Gasteiger partial charge in [0.15, 0.2) is 0 Å². The molecule has 0 aromatic rings. The van der Waals surface area contributed by atoms with Crippen molar-refractivity contribution in [2.24, 2.45) is 11.8 Å². The predicted octanol–water partition coefficient (Wildman–Crippen LogP) is 3.98. The van der Waals surface area contributed by atoms with Gasteiger partial charge >= 0.3 is 0 Å². The maximum Gasteiger partial charge on any atom is 0.00720 e. The lowest BCUT2D eigenvalue weighted by atomic mass is 9.83. The summed E-state index contributed by atoms with van der Waals surface area (Å²) in [5.41, 5.74) is 0. The second kappa shape index (κ2) is 7.27. The van der Waals surface area contributed by atoms with E-state index in [0.717, 1.165) is 24.4 Å². The van der Waals surface area contributed by atoms with Gasteiger partial charge in [-0.1, -0.05) is 52.9 Å². The zero-order valence-corrected chi connectivity index (χ0v) is 10.9. The van der Waals surface area contributed by atoms with E-state index in [9.17, 15) is 0 Å². The molecule has 0 saturated heterocycles. The van der Waals surface area contributed by atoms with E-state index in [0.29, 0.717) is 0 Å². The largest absolute Gasteiger partial charge is 0.314 e. The van der Waals surface area contributed by atoms with Gasteiger partial charge in [0.05, 0.1) is 0 Å². The van der Waals surface area contributed by atoms with Gasteiger partial charge in [0.2, 0.25) is 0 Å². The lowest BCUT2D eigenvalue weighted by Gasteiger charge is -2.28. The minimum Gasteiger partial charge on any atom is -0.314 e. The van der Waals surface area contributed by atoms with Crippen molar-refractivity contribution in [3.8, 4) is 0 Å². The molecule has 1 rings (SSSR count). The van der Waals surface area contributed by atoms with Gasteiger partial charge in [-0.3, -0.25) is 0 Å². The predicted molar refractivity (Wildman–Crippen MR) is 68.1 cm³/mol. The molecule has 1 heteroatoms. The summed E-state index contributed by atoms with van der Waals surface area (Å²) in [4.78, 5) is 0. The topological polar surface area (TPSA) is 12.0 Å². The highest BCUT2D eigenvalue weighted by molar-refractivity contribution is 4.75. The van der Waals surface area contributed by atoms with Crippen molar-refractivity contribution >= 4 is 0 Å². The molecular weight excluding hydrogens is 182 g/mol. The van der Waals surface area contributed by atoms with Crippen LogP contribution in [0.3, 0.4) is 0 Å². The maximum atomic E-state index is 3.66. The first-order valence-electron chi connectivity index (χ1n) is 6.95. The number of nitrogens with one attached hydrogen (secondary N) is 1. The molecule has 1 nitrogen and oxygen atoms in total. The Morgan fingerprint density at radius 3 is 2.33 bits per heavy atom. The first-order chi connectivity index (χ1) is 7.22. The quantitative estimate of drug-likeness (QED) is 0.700. The van der Waals surface area contributed by atoms with Crippen molar-refractivity contribution in [3.63, 3.8) is 0 Å².